The highest BCUT2D eigenvalue weighted by molar-refractivity contribution is 6.07. The lowest BCUT2D eigenvalue weighted by Crippen LogP contribution is -2.20. The van der Waals surface area contributed by atoms with E-state index in [9.17, 15) is 4.79 Å². The smallest absolute Gasteiger partial charge is 0.344 e. The molecule has 150 valence electrons. The Morgan fingerprint density at radius 2 is 1.59 bits per heavy atom. The number of aliphatic carboxylic acids is 1. The molecule has 0 fully saturated rings. The highest BCUT2D eigenvalue weighted by atomic mass is 16.5. The lowest BCUT2D eigenvalue weighted by atomic mass is 10.1. The fourth-order valence-corrected chi connectivity index (χ4v) is 2.61. The zero-order chi connectivity index (χ0) is 21.6. The van der Waals surface area contributed by atoms with E-state index in [4.69, 9.17) is 25.8 Å². The second-order valence-corrected chi connectivity index (χ2v) is 6.43. The first kappa shape index (κ1) is 21.4. The molecular formula is C22H22N3O4-. The molecule has 0 atom stereocenters. The van der Waals surface area contributed by atoms with Crippen molar-refractivity contribution in [3.63, 3.8) is 0 Å². The molecule has 3 N–H and O–H groups in total. The topological polar surface area (TPSA) is 120 Å². The molecule has 3 aromatic carbocycles. The number of nitrogens with two attached hydrogens (primary N) is 1. The summed E-state index contributed by atoms with van der Waals surface area (Å²) in [7, 11) is 3.75. The van der Waals surface area contributed by atoms with Crippen LogP contribution in [0.3, 0.4) is 0 Å². The maximum absolute atomic E-state index is 12.7. The zero-order valence-electron chi connectivity index (χ0n) is 16.4. The van der Waals surface area contributed by atoms with E-state index < -0.39 is 11.9 Å². The number of ether oxygens (including phenoxy) is 1. The largest absolute Gasteiger partial charge is 0.550 e. The maximum atomic E-state index is 12.7. The number of carboxylic acids is 1. The molecule has 0 aliphatic carbocycles. The van der Waals surface area contributed by atoms with E-state index in [1.807, 2.05) is 61.5 Å². The highest BCUT2D eigenvalue weighted by Crippen LogP contribution is 2.23. The Morgan fingerprint density at radius 1 is 0.966 bits per heavy atom. The Balaban J connectivity index is 0.000000687. The minimum atomic E-state index is -1.08. The number of carboxylic acid groups (broad SMARTS) is 1. The number of nitrogen functional groups attached to an aromatic ring is 1. The number of fused-ring (bicyclic) bond motifs is 1. The number of rotatable bonds is 4. The van der Waals surface area contributed by atoms with Gasteiger partial charge < -0.3 is 25.3 Å². The van der Waals surface area contributed by atoms with Crippen molar-refractivity contribution in [2.75, 3.05) is 19.0 Å². The summed E-state index contributed by atoms with van der Waals surface area (Å²) >= 11 is 0. The van der Waals surface area contributed by atoms with Crippen LogP contribution in [0, 0.1) is 5.41 Å². The van der Waals surface area contributed by atoms with Gasteiger partial charge in [0.2, 0.25) is 0 Å². The van der Waals surface area contributed by atoms with E-state index in [0.29, 0.717) is 11.3 Å². The molecule has 0 saturated carbocycles. The van der Waals surface area contributed by atoms with Crippen LogP contribution in [-0.4, -0.2) is 31.9 Å². The Morgan fingerprint density at radius 3 is 2.17 bits per heavy atom. The second-order valence-electron chi connectivity index (χ2n) is 6.43. The van der Waals surface area contributed by atoms with Crippen LogP contribution in [0.2, 0.25) is 0 Å². The van der Waals surface area contributed by atoms with E-state index in [-0.39, 0.29) is 11.4 Å². The van der Waals surface area contributed by atoms with Crippen molar-refractivity contribution in [1.29, 1.82) is 5.41 Å². The number of hydrogen-bond donors (Lipinski definition) is 2. The number of hydrogen-bond acceptors (Lipinski definition) is 6. The Hall–Kier alpha value is -3.87. The third-order valence-electron chi connectivity index (χ3n) is 3.96. The Bertz CT molecular complexity index is 1060. The van der Waals surface area contributed by atoms with E-state index in [1.54, 1.807) is 18.2 Å². The van der Waals surface area contributed by atoms with Crippen molar-refractivity contribution in [3.05, 3.63) is 71.8 Å². The van der Waals surface area contributed by atoms with Gasteiger partial charge in [-0.3, -0.25) is 5.41 Å². The second kappa shape index (κ2) is 9.36. The number of carbonyl (C=O) groups is 2. The molecule has 0 aromatic heterocycles. The van der Waals surface area contributed by atoms with E-state index in [0.717, 1.165) is 23.4 Å². The van der Waals surface area contributed by atoms with Crippen molar-refractivity contribution in [2.24, 2.45) is 5.73 Å². The summed E-state index contributed by atoms with van der Waals surface area (Å²) in [5.74, 6) is -1.34. The van der Waals surface area contributed by atoms with Gasteiger partial charge in [0.05, 0.1) is 5.56 Å². The number of nitrogens with one attached hydrogen (secondary N) is 1. The molecule has 3 rings (SSSR count). The minimum absolute atomic E-state index is 0.171. The van der Waals surface area contributed by atoms with Gasteiger partial charge in [-0.25, -0.2) is 4.79 Å². The molecular weight excluding hydrogens is 370 g/mol. The lowest BCUT2D eigenvalue weighted by Gasteiger charge is -2.16. The number of benzene rings is 3. The molecule has 0 spiro atoms. The van der Waals surface area contributed by atoms with Crippen molar-refractivity contribution < 1.29 is 19.4 Å². The van der Waals surface area contributed by atoms with Gasteiger partial charge in [0.15, 0.2) is 0 Å². The minimum Gasteiger partial charge on any atom is -0.550 e. The number of anilines is 1. The molecule has 0 amide bonds. The Kier molecular flexibility index (Phi) is 6.92. The number of nitrogens with zero attached hydrogens (tertiary/aromatic N) is 1. The Labute approximate surface area is 168 Å². The molecule has 0 bridgehead atoms. The normalized spacial score (nSPS) is 9.90. The maximum Gasteiger partial charge on any atom is 0.344 e. The van der Waals surface area contributed by atoms with Crippen molar-refractivity contribution in [2.45, 2.75) is 6.92 Å². The predicted octanol–water partition coefficient (Wildman–Crippen LogP) is 2.17. The SMILES string of the molecule is CC(=O)[O-].CN(C)c1ccc(C(=N)N)c(C(=O)Oc2ccc3ccccc3c2)c1. The van der Waals surface area contributed by atoms with Gasteiger partial charge >= 0.3 is 5.97 Å². The molecule has 0 aliphatic rings. The summed E-state index contributed by atoms with van der Waals surface area (Å²) in [5.41, 5.74) is 7.07. The van der Waals surface area contributed by atoms with Gasteiger partial charge in [-0.2, -0.15) is 0 Å². The summed E-state index contributed by atoms with van der Waals surface area (Å²) in [6.07, 6.45) is 0. The molecule has 0 aliphatic heterocycles. The quantitative estimate of drug-likeness (QED) is 0.304. The van der Waals surface area contributed by atoms with E-state index >= 15 is 0 Å². The molecule has 0 heterocycles. The van der Waals surface area contributed by atoms with Crippen LogP contribution in [0.5, 0.6) is 5.75 Å². The average Bonchev–Trinajstić information content (AvgIpc) is 2.66. The first-order chi connectivity index (χ1) is 13.7. The van der Waals surface area contributed by atoms with Crippen LogP contribution >= 0.6 is 0 Å². The van der Waals surface area contributed by atoms with Gasteiger partial charge in [-0.05, 0) is 48.0 Å². The average molecular weight is 392 g/mol. The molecule has 0 radical (unpaired) electrons. The van der Waals surface area contributed by atoms with Gasteiger partial charge in [-0.15, -0.1) is 0 Å². The first-order valence-electron chi connectivity index (χ1n) is 8.73. The van der Waals surface area contributed by atoms with E-state index in [1.165, 1.54) is 0 Å². The predicted molar refractivity (Wildman–Crippen MR) is 111 cm³/mol. The fourth-order valence-electron chi connectivity index (χ4n) is 2.61. The fraction of sp³-hybridized carbons (Fsp3) is 0.136. The molecule has 0 saturated heterocycles. The first-order valence-corrected chi connectivity index (χ1v) is 8.73. The van der Waals surface area contributed by atoms with E-state index in [2.05, 4.69) is 0 Å². The molecule has 3 aromatic rings. The van der Waals surface area contributed by atoms with Gasteiger partial charge in [0, 0.05) is 31.3 Å². The molecule has 7 heteroatoms. The summed E-state index contributed by atoms with van der Waals surface area (Å²) in [5, 5.41) is 18.6. The van der Waals surface area contributed by atoms with Gasteiger partial charge in [-0.1, -0.05) is 30.3 Å². The number of carbonyl (C=O) groups excluding carboxylic acids is 2. The van der Waals surface area contributed by atoms with Gasteiger partial charge in [0.25, 0.3) is 0 Å². The van der Waals surface area contributed by atoms with Crippen molar-refractivity contribution in [3.8, 4) is 5.75 Å². The number of esters is 1. The van der Waals surface area contributed by atoms with Crippen LogP contribution < -0.4 is 20.5 Å². The molecule has 0 unspecified atom stereocenters. The zero-order valence-corrected chi connectivity index (χ0v) is 16.4. The van der Waals surface area contributed by atoms with Gasteiger partial charge in [0.1, 0.15) is 11.6 Å². The monoisotopic (exact) mass is 392 g/mol. The third-order valence-corrected chi connectivity index (χ3v) is 3.96. The summed E-state index contributed by atoms with van der Waals surface area (Å²) in [4.78, 5) is 23.4. The van der Waals surface area contributed by atoms with Crippen LogP contribution in [0.1, 0.15) is 22.8 Å². The van der Waals surface area contributed by atoms with Crippen LogP contribution in [-0.2, 0) is 4.79 Å². The number of amidine groups is 1. The molecule has 7 nitrogen and oxygen atoms in total. The van der Waals surface area contributed by atoms with Crippen LogP contribution in [0.15, 0.2) is 60.7 Å². The van der Waals surface area contributed by atoms with Crippen LogP contribution in [0.25, 0.3) is 10.8 Å². The summed E-state index contributed by atoms with van der Waals surface area (Å²) in [6.45, 7) is 0.972. The van der Waals surface area contributed by atoms with Crippen molar-refractivity contribution >= 4 is 34.2 Å². The third kappa shape index (κ3) is 5.80. The lowest BCUT2D eigenvalue weighted by molar-refractivity contribution is -0.302. The van der Waals surface area contributed by atoms with Crippen LogP contribution in [0.4, 0.5) is 5.69 Å². The van der Waals surface area contributed by atoms with Crippen molar-refractivity contribution in [1.82, 2.24) is 0 Å². The standard InChI is InChI=1S/C20H19N3O2.C2H4O2/c1-23(2)15-8-10-17(19(21)22)18(12-15)20(24)25-16-9-7-13-5-3-4-6-14(13)11-16;1-2(3)4/h3-12H,1-2H3,(H3,21,22);1H3,(H,3,4)/p-1. The highest BCUT2D eigenvalue weighted by Gasteiger charge is 2.17. The molecule has 29 heavy (non-hydrogen) atoms. The summed E-state index contributed by atoms with van der Waals surface area (Å²) in [6, 6.07) is 18.5. The summed E-state index contributed by atoms with van der Waals surface area (Å²) < 4.78 is 5.52.